The van der Waals surface area contributed by atoms with Crippen LogP contribution >= 0.6 is 0 Å². The highest BCUT2D eigenvalue weighted by atomic mass is 32.2. The second kappa shape index (κ2) is 5.58. The molecule has 0 aliphatic carbocycles. The summed E-state index contributed by atoms with van der Waals surface area (Å²) >= 11 is 0. The zero-order valence-corrected chi connectivity index (χ0v) is 11.6. The van der Waals surface area contributed by atoms with E-state index in [9.17, 15) is 18.3 Å². The number of aromatic hydroxyl groups is 1. The van der Waals surface area contributed by atoms with Gasteiger partial charge in [0.2, 0.25) is 0 Å². The molecule has 19 heavy (non-hydrogen) atoms. The quantitative estimate of drug-likeness (QED) is 0.742. The average Bonchev–Trinajstić information content (AvgIpc) is 2.27. The minimum atomic E-state index is -3.49. The second-order valence-corrected chi connectivity index (χ2v) is 6.47. The summed E-state index contributed by atoms with van der Waals surface area (Å²) in [5, 5.41) is 18.3. The number of carbonyl (C=O) groups is 1. The molecule has 0 bridgehead atoms. The molecule has 1 rings (SSSR count). The largest absolute Gasteiger partial charge is 0.508 e. The van der Waals surface area contributed by atoms with E-state index in [-0.39, 0.29) is 29.1 Å². The number of phenolic OH excluding ortho intramolecular Hbond substituents is 1. The molecule has 6 nitrogen and oxygen atoms in total. The van der Waals surface area contributed by atoms with Crippen LogP contribution in [0.25, 0.3) is 0 Å². The van der Waals surface area contributed by atoms with Crippen molar-refractivity contribution in [2.75, 3.05) is 6.26 Å². The van der Waals surface area contributed by atoms with Gasteiger partial charge < -0.3 is 15.9 Å². The van der Waals surface area contributed by atoms with Gasteiger partial charge in [-0.3, -0.25) is 4.79 Å². The van der Waals surface area contributed by atoms with Crippen LogP contribution < -0.4 is 5.73 Å². The first-order valence-corrected chi connectivity index (χ1v) is 7.53. The summed E-state index contributed by atoms with van der Waals surface area (Å²) in [5.74, 6) is -1.07. The molecule has 0 aliphatic heterocycles. The molecular weight excluding hydrogens is 270 g/mol. The van der Waals surface area contributed by atoms with Crippen LogP contribution in [0.4, 0.5) is 0 Å². The maximum atomic E-state index is 11.7. The number of hydrogen-bond acceptors (Lipinski definition) is 5. The van der Waals surface area contributed by atoms with E-state index >= 15 is 0 Å². The lowest BCUT2D eigenvalue weighted by atomic mass is 10.0. The van der Waals surface area contributed by atoms with E-state index in [0.717, 1.165) is 6.26 Å². The van der Waals surface area contributed by atoms with Crippen molar-refractivity contribution in [3.8, 4) is 5.75 Å². The van der Waals surface area contributed by atoms with Crippen molar-refractivity contribution in [2.24, 2.45) is 5.73 Å². The number of rotatable bonds is 5. The minimum absolute atomic E-state index is 0.0284. The van der Waals surface area contributed by atoms with E-state index in [4.69, 9.17) is 10.8 Å². The first kappa shape index (κ1) is 15.5. The van der Waals surface area contributed by atoms with Crippen molar-refractivity contribution in [1.82, 2.24) is 0 Å². The highest BCUT2D eigenvalue weighted by Crippen LogP contribution is 2.30. The van der Waals surface area contributed by atoms with Gasteiger partial charge in [0.25, 0.3) is 0 Å². The lowest BCUT2D eigenvalue weighted by Crippen LogP contribution is -2.16. The van der Waals surface area contributed by atoms with Gasteiger partial charge in [0, 0.05) is 18.7 Å². The van der Waals surface area contributed by atoms with E-state index in [0.29, 0.717) is 5.56 Å². The van der Waals surface area contributed by atoms with Gasteiger partial charge in [-0.2, -0.15) is 0 Å². The van der Waals surface area contributed by atoms with Crippen molar-refractivity contribution < 1.29 is 23.4 Å². The number of benzene rings is 1. The molecule has 0 aromatic heterocycles. The van der Waals surface area contributed by atoms with Gasteiger partial charge in [0.05, 0.1) is 4.90 Å². The number of carboxylic acid groups (broad SMARTS) is 1. The monoisotopic (exact) mass is 287 g/mol. The van der Waals surface area contributed by atoms with Gasteiger partial charge in [-0.1, -0.05) is 0 Å². The summed E-state index contributed by atoms with van der Waals surface area (Å²) in [6, 6.07) is 1.88. The van der Waals surface area contributed by atoms with Crippen LogP contribution in [0.2, 0.25) is 0 Å². The maximum Gasteiger partial charge on any atom is 0.303 e. The Kier molecular flexibility index (Phi) is 4.54. The third-order valence-corrected chi connectivity index (χ3v) is 3.95. The highest BCUT2D eigenvalue weighted by molar-refractivity contribution is 7.90. The smallest absolute Gasteiger partial charge is 0.303 e. The summed E-state index contributed by atoms with van der Waals surface area (Å²) < 4.78 is 23.4. The van der Waals surface area contributed by atoms with Crippen molar-refractivity contribution in [2.45, 2.75) is 30.7 Å². The van der Waals surface area contributed by atoms with E-state index in [2.05, 4.69) is 0 Å². The summed E-state index contributed by atoms with van der Waals surface area (Å²) in [5.41, 5.74) is 6.49. The predicted octanol–water partition coefficient (Wildman–Crippen LogP) is 0.969. The summed E-state index contributed by atoms with van der Waals surface area (Å²) in [6.07, 6.45) is 0.978. The molecule has 7 heteroatoms. The van der Waals surface area contributed by atoms with Gasteiger partial charge in [0.15, 0.2) is 9.84 Å². The molecule has 1 aromatic carbocycles. The molecule has 106 valence electrons. The van der Waals surface area contributed by atoms with E-state index in [1.165, 1.54) is 12.1 Å². The summed E-state index contributed by atoms with van der Waals surface area (Å²) in [6.45, 7) is 1.58. The average molecular weight is 287 g/mol. The second-order valence-electron chi connectivity index (χ2n) is 4.49. The van der Waals surface area contributed by atoms with E-state index in [1.807, 2.05) is 0 Å². The third-order valence-electron chi connectivity index (χ3n) is 2.80. The molecule has 1 atom stereocenters. The molecule has 0 saturated carbocycles. The van der Waals surface area contributed by atoms with E-state index in [1.54, 1.807) is 6.92 Å². The van der Waals surface area contributed by atoms with Crippen molar-refractivity contribution >= 4 is 15.8 Å². The number of hydrogen-bond donors (Lipinski definition) is 3. The van der Waals surface area contributed by atoms with Gasteiger partial charge in [-0.25, -0.2) is 8.42 Å². The Bertz CT molecular complexity index is 594. The molecule has 1 aromatic rings. The SMILES string of the molecule is Cc1cc(S(C)(=O)=O)c(C(N)CCC(=O)O)cc1O. The van der Waals surface area contributed by atoms with Crippen molar-refractivity contribution in [3.05, 3.63) is 23.3 Å². The Balaban J connectivity index is 3.25. The number of phenols is 1. The zero-order chi connectivity index (χ0) is 14.8. The fraction of sp³-hybridized carbons (Fsp3) is 0.417. The van der Waals surface area contributed by atoms with Crippen molar-refractivity contribution in [3.63, 3.8) is 0 Å². The summed E-state index contributed by atoms with van der Waals surface area (Å²) in [7, 11) is -3.49. The molecule has 0 saturated heterocycles. The number of sulfone groups is 1. The molecule has 0 spiro atoms. The fourth-order valence-electron chi connectivity index (χ4n) is 1.73. The lowest BCUT2D eigenvalue weighted by molar-refractivity contribution is -0.137. The molecule has 0 heterocycles. The Morgan fingerprint density at radius 3 is 2.47 bits per heavy atom. The lowest BCUT2D eigenvalue weighted by Gasteiger charge is -2.16. The van der Waals surface area contributed by atoms with Crippen LogP contribution in [-0.4, -0.2) is 30.9 Å². The molecule has 0 aliphatic rings. The van der Waals surface area contributed by atoms with E-state index < -0.39 is 21.8 Å². The highest BCUT2D eigenvalue weighted by Gasteiger charge is 2.20. The van der Waals surface area contributed by atoms with Crippen LogP contribution in [0, 0.1) is 6.92 Å². The number of aliphatic carboxylic acids is 1. The third kappa shape index (κ3) is 3.93. The van der Waals surface area contributed by atoms with Crippen LogP contribution in [-0.2, 0) is 14.6 Å². The minimum Gasteiger partial charge on any atom is -0.508 e. The molecule has 1 unspecified atom stereocenters. The van der Waals surface area contributed by atoms with Gasteiger partial charge >= 0.3 is 5.97 Å². The van der Waals surface area contributed by atoms with Gasteiger partial charge in [-0.15, -0.1) is 0 Å². The molecule has 0 amide bonds. The number of carboxylic acids is 1. The van der Waals surface area contributed by atoms with Crippen LogP contribution in [0.3, 0.4) is 0 Å². The Morgan fingerprint density at radius 2 is 2.00 bits per heavy atom. The zero-order valence-electron chi connectivity index (χ0n) is 10.8. The maximum absolute atomic E-state index is 11.7. The summed E-state index contributed by atoms with van der Waals surface area (Å²) in [4.78, 5) is 10.5. The Morgan fingerprint density at radius 1 is 1.42 bits per heavy atom. The molecule has 0 fully saturated rings. The van der Waals surface area contributed by atoms with Crippen LogP contribution in [0.1, 0.15) is 30.0 Å². The van der Waals surface area contributed by atoms with Gasteiger partial charge in [-0.05, 0) is 36.6 Å². The molecular formula is C12H17NO5S. The van der Waals surface area contributed by atoms with Crippen LogP contribution in [0.15, 0.2) is 17.0 Å². The first-order chi connectivity index (χ1) is 8.62. The fourth-order valence-corrected chi connectivity index (χ4v) is 2.76. The van der Waals surface area contributed by atoms with Gasteiger partial charge in [0.1, 0.15) is 5.75 Å². The standard InChI is InChI=1S/C12H17NO5S/c1-7-5-11(19(2,17)18)8(6-10(7)14)9(13)3-4-12(15)16/h5-6,9,14H,3-4,13H2,1-2H3,(H,15,16). The van der Waals surface area contributed by atoms with Crippen LogP contribution in [0.5, 0.6) is 5.75 Å². The molecule has 4 N–H and O–H groups in total. The topological polar surface area (TPSA) is 118 Å². The number of aryl methyl sites for hydroxylation is 1. The Hall–Kier alpha value is -1.60. The molecule has 0 radical (unpaired) electrons. The normalized spacial score (nSPS) is 13.2. The van der Waals surface area contributed by atoms with Crippen molar-refractivity contribution in [1.29, 1.82) is 0 Å². The Labute approximate surface area is 111 Å². The number of nitrogens with two attached hydrogens (primary N) is 1. The predicted molar refractivity (Wildman–Crippen MR) is 69.8 cm³/mol. The first-order valence-electron chi connectivity index (χ1n) is 5.64.